The number of carbonyl (C=O) groups is 1. The lowest BCUT2D eigenvalue weighted by molar-refractivity contribution is -0.119. The summed E-state index contributed by atoms with van der Waals surface area (Å²) in [5.41, 5.74) is 4.14. The summed E-state index contributed by atoms with van der Waals surface area (Å²) >= 11 is 0. The molecule has 1 aromatic carbocycles. The number of carbonyl (C=O) groups excluding carboxylic acids is 1. The third-order valence-electron chi connectivity index (χ3n) is 4.60. The predicted octanol–water partition coefficient (Wildman–Crippen LogP) is 2.79. The maximum atomic E-state index is 12.6. The summed E-state index contributed by atoms with van der Waals surface area (Å²) in [6, 6.07) is 13.5. The molecular weight excluding hydrogens is 314 g/mol. The van der Waals surface area contributed by atoms with E-state index in [1.165, 1.54) is 11.1 Å². The molecule has 124 valence electrons. The highest BCUT2D eigenvalue weighted by Gasteiger charge is 2.27. The van der Waals surface area contributed by atoms with Crippen molar-refractivity contribution in [1.29, 1.82) is 0 Å². The Kier molecular flexibility index (Phi) is 3.90. The van der Waals surface area contributed by atoms with Crippen molar-refractivity contribution in [3.8, 4) is 11.1 Å². The minimum Gasteiger partial charge on any atom is -0.327 e. The summed E-state index contributed by atoms with van der Waals surface area (Å²) in [7, 11) is 0. The Bertz CT molecular complexity index is 954. The fraction of sp³-hybridized carbons (Fsp3) is 0.150. The first-order valence-corrected chi connectivity index (χ1v) is 8.21. The highest BCUT2D eigenvalue weighted by molar-refractivity contribution is 5.93. The van der Waals surface area contributed by atoms with Gasteiger partial charge in [0, 0.05) is 30.1 Å². The van der Waals surface area contributed by atoms with Crippen LogP contribution in [0.1, 0.15) is 11.1 Å². The number of aromatic nitrogens is 2. The zero-order valence-corrected chi connectivity index (χ0v) is 13.5. The van der Waals surface area contributed by atoms with Gasteiger partial charge < -0.3 is 10.3 Å². The summed E-state index contributed by atoms with van der Waals surface area (Å²) in [6.07, 6.45) is 6.44. The van der Waals surface area contributed by atoms with Crippen LogP contribution >= 0.6 is 0 Å². The second kappa shape index (κ2) is 6.36. The van der Waals surface area contributed by atoms with Crippen LogP contribution in [0.25, 0.3) is 11.1 Å². The third kappa shape index (κ3) is 3.08. The number of H-pyrrole nitrogens is 1. The smallest absolute Gasteiger partial charge is 0.271 e. The molecule has 5 nitrogen and oxygen atoms in total. The Labute approximate surface area is 144 Å². The summed E-state index contributed by atoms with van der Waals surface area (Å²) in [5, 5.41) is 2.80. The van der Waals surface area contributed by atoms with E-state index in [4.69, 9.17) is 0 Å². The van der Waals surface area contributed by atoms with Gasteiger partial charge in [-0.15, -0.1) is 0 Å². The first-order valence-electron chi connectivity index (χ1n) is 8.21. The molecule has 0 saturated heterocycles. The van der Waals surface area contributed by atoms with E-state index in [0.717, 1.165) is 11.1 Å². The minimum absolute atomic E-state index is 0.117. The van der Waals surface area contributed by atoms with Gasteiger partial charge in [0.15, 0.2) is 0 Å². The van der Waals surface area contributed by atoms with Gasteiger partial charge in [-0.05, 0) is 47.7 Å². The molecule has 0 saturated carbocycles. The van der Waals surface area contributed by atoms with Crippen molar-refractivity contribution in [2.45, 2.75) is 12.8 Å². The summed E-state index contributed by atoms with van der Waals surface area (Å²) in [5.74, 6) is -0.255. The molecule has 0 spiro atoms. The Balaban J connectivity index is 1.55. The topological polar surface area (TPSA) is 74.8 Å². The number of fused-ring (bicyclic) bond motifs is 1. The molecule has 0 aliphatic heterocycles. The van der Waals surface area contributed by atoms with Gasteiger partial charge in [-0.1, -0.05) is 24.3 Å². The molecule has 2 heterocycles. The summed E-state index contributed by atoms with van der Waals surface area (Å²) in [6.45, 7) is 0. The summed E-state index contributed by atoms with van der Waals surface area (Å²) in [4.78, 5) is 31.4. The molecule has 2 N–H and O–H groups in total. The monoisotopic (exact) mass is 331 g/mol. The van der Waals surface area contributed by atoms with Gasteiger partial charge >= 0.3 is 0 Å². The molecule has 0 atom stereocenters. The molecular formula is C20H17N3O2. The van der Waals surface area contributed by atoms with E-state index < -0.39 is 0 Å². The number of rotatable bonds is 3. The average Bonchev–Trinajstić information content (AvgIpc) is 3.08. The number of nitrogens with zero attached hydrogens (tertiary/aromatic N) is 1. The van der Waals surface area contributed by atoms with Crippen molar-refractivity contribution in [3.63, 3.8) is 0 Å². The fourth-order valence-electron chi connectivity index (χ4n) is 3.27. The number of nitrogens with one attached hydrogen (secondary N) is 2. The molecule has 1 aliphatic carbocycles. The lowest BCUT2D eigenvalue weighted by Gasteiger charge is -2.11. The quantitative estimate of drug-likeness (QED) is 0.775. The van der Waals surface area contributed by atoms with E-state index in [1.807, 2.05) is 24.3 Å². The zero-order valence-electron chi connectivity index (χ0n) is 13.5. The molecule has 5 heteroatoms. The Morgan fingerprint density at radius 3 is 2.40 bits per heavy atom. The average molecular weight is 331 g/mol. The lowest BCUT2D eigenvalue weighted by atomic mass is 10.1. The molecule has 3 aromatic rings. The first kappa shape index (κ1) is 15.3. The molecule has 0 unspecified atom stereocenters. The fourth-order valence-corrected chi connectivity index (χ4v) is 3.27. The maximum absolute atomic E-state index is 12.6. The van der Waals surface area contributed by atoms with E-state index in [2.05, 4.69) is 27.4 Å². The van der Waals surface area contributed by atoms with Crippen molar-refractivity contribution < 1.29 is 4.79 Å². The van der Waals surface area contributed by atoms with Crippen LogP contribution in [0, 0.1) is 5.92 Å². The van der Waals surface area contributed by atoms with Gasteiger partial charge in [-0.25, -0.2) is 0 Å². The molecule has 1 aliphatic rings. The van der Waals surface area contributed by atoms with Crippen molar-refractivity contribution in [1.82, 2.24) is 9.97 Å². The minimum atomic E-state index is -0.304. The van der Waals surface area contributed by atoms with Gasteiger partial charge in [0.2, 0.25) is 5.91 Å². The van der Waals surface area contributed by atoms with E-state index in [-0.39, 0.29) is 23.1 Å². The van der Waals surface area contributed by atoms with Crippen LogP contribution in [0.4, 0.5) is 5.69 Å². The van der Waals surface area contributed by atoms with E-state index >= 15 is 0 Å². The standard InChI is InChI=1S/C20H17N3O2/c24-19(16-9-14-3-1-2-4-15(14)10-16)23-18-11-17(12-22-20(18)25)13-5-7-21-8-6-13/h1-8,11-12,16H,9-10H2,(H,22,25)(H,23,24). The van der Waals surface area contributed by atoms with Crippen molar-refractivity contribution in [2.24, 2.45) is 5.92 Å². The number of hydrogen-bond acceptors (Lipinski definition) is 3. The van der Waals surface area contributed by atoms with Crippen molar-refractivity contribution in [2.75, 3.05) is 5.32 Å². The number of pyridine rings is 2. The Hall–Kier alpha value is -3.21. The van der Waals surface area contributed by atoms with Gasteiger partial charge in [0.05, 0.1) is 0 Å². The normalized spacial score (nSPS) is 13.4. The second-order valence-corrected chi connectivity index (χ2v) is 6.23. The second-order valence-electron chi connectivity index (χ2n) is 6.23. The molecule has 0 bridgehead atoms. The SMILES string of the molecule is O=C(Nc1cc(-c2ccncc2)c[nH]c1=O)C1Cc2ccccc2C1. The van der Waals surface area contributed by atoms with Crippen LogP contribution in [0.5, 0.6) is 0 Å². The molecule has 2 aromatic heterocycles. The number of anilines is 1. The van der Waals surface area contributed by atoms with Gasteiger partial charge in [0.1, 0.15) is 5.69 Å². The van der Waals surface area contributed by atoms with Crippen LogP contribution in [0.15, 0.2) is 65.8 Å². The van der Waals surface area contributed by atoms with Crippen LogP contribution in [0.2, 0.25) is 0 Å². The highest BCUT2D eigenvalue weighted by Crippen LogP contribution is 2.27. The summed E-state index contributed by atoms with van der Waals surface area (Å²) < 4.78 is 0. The third-order valence-corrected chi connectivity index (χ3v) is 4.60. The molecule has 0 radical (unpaired) electrons. The zero-order chi connectivity index (χ0) is 17.2. The predicted molar refractivity (Wildman–Crippen MR) is 96.3 cm³/mol. The Morgan fingerprint density at radius 2 is 1.72 bits per heavy atom. The number of aromatic amines is 1. The molecule has 25 heavy (non-hydrogen) atoms. The number of hydrogen-bond donors (Lipinski definition) is 2. The van der Waals surface area contributed by atoms with E-state index in [1.54, 1.807) is 24.7 Å². The Morgan fingerprint density at radius 1 is 1.04 bits per heavy atom. The molecule has 1 amide bonds. The number of benzene rings is 1. The number of amides is 1. The van der Waals surface area contributed by atoms with Crippen LogP contribution in [-0.2, 0) is 17.6 Å². The van der Waals surface area contributed by atoms with Crippen molar-refractivity contribution in [3.05, 3.63) is 82.5 Å². The van der Waals surface area contributed by atoms with Crippen LogP contribution in [0.3, 0.4) is 0 Å². The lowest BCUT2D eigenvalue weighted by Crippen LogP contribution is -2.26. The first-order chi connectivity index (χ1) is 12.2. The maximum Gasteiger partial charge on any atom is 0.271 e. The van der Waals surface area contributed by atoms with Crippen LogP contribution < -0.4 is 10.9 Å². The van der Waals surface area contributed by atoms with Gasteiger partial charge in [-0.3, -0.25) is 14.6 Å². The van der Waals surface area contributed by atoms with Crippen LogP contribution in [-0.4, -0.2) is 15.9 Å². The molecule has 4 rings (SSSR count). The van der Waals surface area contributed by atoms with Crippen molar-refractivity contribution >= 4 is 11.6 Å². The largest absolute Gasteiger partial charge is 0.327 e. The highest BCUT2D eigenvalue weighted by atomic mass is 16.2. The molecule has 0 fully saturated rings. The van der Waals surface area contributed by atoms with Gasteiger partial charge in [-0.2, -0.15) is 0 Å². The van der Waals surface area contributed by atoms with E-state index in [9.17, 15) is 9.59 Å². The van der Waals surface area contributed by atoms with E-state index in [0.29, 0.717) is 12.8 Å². The van der Waals surface area contributed by atoms with Gasteiger partial charge in [0.25, 0.3) is 5.56 Å².